The number of nitrogens with one attached hydrogen (secondary N) is 1. The van der Waals surface area contributed by atoms with Crippen LogP contribution in [0.1, 0.15) is 31.2 Å². The third-order valence-corrected chi connectivity index (χ3v) is 9.75. The Morgan fingerprint density at radius 1 is 0.927 bits per heavy atom. The number of thiophene rings is 1. The molecule has 0 saturated heterocycles. The number of ether oxygens (including phenoxy) is 1. The summed E-state index contributed by atoms with van der Waals surface area (Å²) in [5, 5.41) is 3.92. The standard InChI is InChI=1S/C31H25ClN2O5S2/c1-19-15-24(11-13-27(19)39-3)41(37,38)34(2)23-10-14-28-21(16-23)17-29(40-28)31(36)33-26-12-9-22(32)18-25(26)30(35)20-7-5-4-6-8-20/h4-18H,1-3H3,(H,33,36). The SMILES string of the molecule is COc1ccc(S(=O)(=O)N(C)c2ccc3sc(C(=O)Nc4ccc(Cl)cc4C(=O)c4ccccc4)cc3c2)cc1C. The molecule has 0 radical (unpaired) electrons. The fraction of sp³-hybridized carbons (Fsp3) is 0.0968. The van der Waals surface area contributed by atoms with Crippen molar-refractivity contribution < 1.29 is 22.7 Å². The molecular formula is C31H25ClN2O5S2. The molecule has 0 saturated carbocycles. The van der Waals surface area contributed by atoms with Gasteiger partial charge in [-0.25, -0.2) is 8.42 Å². The van der Waals surface area contributed by atoms with Crippen LogP contribution in [-0.2, 0) is 10.0 Å². The van der Waals surface area contributed by atoms with Gasteiger partial charge in [0.2, 0.25) is 0 Å². The van der Waals surface area contributed by atoms with Crippen molar-refractivity contribution in [1.29, 1.82) is 0 Å². The number of carbonyl (C=O) groups is 2. The van der Waals surface area contributed by atoms with Gasteiger partial charge in [-0.1, -0.05) is 41.9 Å². The highest BCUT2D eigenvalue weighted by atomic mass is 35.5. The molecule has 5 rings (SSSR count). The van der Waals surface area contributed by atoms with E-state index in [9.17, 15) is 18.0 Å². The quantitative estimate of drug-likeness (QED) is 0.189. The highest BCUT2D eigenvalue weighted by Gasteiger charge is 2.23. The maximum absolute atomic E-state index is 13.3. The first-order valence-corrected chi connectivity index (χ1v) is 15.1. The summed E-state index contributed by atoms with van der Waals surface area (Å²) in [7, 11) is -0.817. The van der Waals surface area contributed by atoms with E-state index in [2.05, 4.69) is 5.32 Å². The lowest BCUT2D eigenvalue weighted by atomic mass is 10.0. The number of methoxy groups -OCH3 is 1. The summed E-state index contributed by atoms with van der Waals surface area (Å²) in [6.07, 6.45) is 0. The van der Waals surface area contributed by atoms with Crippen LogP contribution >= 0.6 is 22.9 Å². The van der Waals surface area contributed by atoms with Gasteiger partial charge in [-0.3, -0.25) is 13.9 Å². The Bertz CT molecular complexity index is 1900. The zero-order valence-electron chi connectivity index (χ0n) is 22.3. The third kappa shape index (κ3) is 5.69. The topological polar surface area (TPSA) is 92.8 Å². The molecule has 7 nitrogen and oxygen atoms in total. The number of nitrogens with zero attached hydrogens (tertiary/aromatic N) is 1. The summed E-state index contributed by atoms with van der Waals surface area (Å²) in [5.41, 5.74) is 2.25. The first-order valence-electron chi connectivity index (χ1n) is 12.5. The fourth-order valence-electron chi connectivity index (χ4n) is 4.39. The van der Waals surface area contributed by atoms with E-state index in [-0.39, 0.29) is 16.2 Å². The highest BCUT2D eigenvalue weighted by molar-refractivity contribution is 7.92. The summed E-state index contributed by atoms with van der Waals surface area (Å²) in [6, 6.07) is 25.1. The second-order valence-corrected chi connectivity index (χ2v) is 12.8. The molecule has 0 bridgehead atoms. The maximum Gasteiger partial charge on any atom is 0.265 e. The largest absolute Gasteiger partial charge is 0.496 e. The number of fused-ring (bicyclic) bond motifs is 1. The molecule has 5 aromatic rings. The molecule has 208 valence electrons. The Kier molecular flexibility index (Phi) is 7.86. The molecule has 1 N–H and O–H groups in total. The van der Waals surface area contributed by atoms with Gasteiger partial charge in [0.25, 0.3) is 15.9 Å². The number of hydrogen-bond donors (Lipinski definition) is 1. The predicted octanol–water partition coefficient (Wildman–Crippen LogP) is 7.18. The van der Waals surface area contributed by atoms with E-state index in [1.807, 2.05) is 6.07 Å². The van der Waals surface area contributed by atoms with Crippen molar-refractivity contribution in [3.05, 3.63) is 118 Å². The number of rotatable bonds is 8. The van der Waals surface area contributed by atoms with E-state index in [0.29, 0.717) is 43.5 Å². The van der Waals surface area contributed by atoms with Crippen molar-refractivity contribution in [3.8, 4) is 5.75 Å². The van der Waals surface area contributed by atoms with Gasteiger partial charge >= 0.3 is 0 Å². The number of amides is 1. The number of benzene rings is 4. The molecular weight excluding hydrogens is 580 g/mol. The molecule has 10 heteroatoms. The Morgan fingerprint density at radius 2 is 1.68 bits per heavy atom. The van der Waals surface area contributed by atoms with E-state index >= 15 is 0 Å². The average Bonchev–Trinajstić information content (AvgIpc) is 3.41. The molecule has 0 unspecified atom stereocenters. The van der Waals surface area contributed by atoms with Crippen LogP contribution in [0.15, 0.2) is 95.9 Å². The molecule has 1 aromatic heterocycles. The van der Waals surface area contributed by atoms with Gasteiger partial charge in [0.1, 0.15) is 5.75 Å². The normalized spacial score (nSPS) is 11.3. The fourth-order valence-corrected chi connectivity index (χ4v) is 6.77. The number of sulfonamides is 1. The minimum absolute atomic E-state index is 0.146. The van der Waals surface area contributed by atoms with Crippen molar-refractivity contribution in [2.75, 3.05) is 23.8 Å². The van der Waals surface area contributed by atoms with Crippen LogP contribution in [0.4, 0.5) is 11.4 Å². The van der Waals surface area contributed by atoms with Crippen LogP contribution in [0, 0.1) is 6.92 Å². The molecule has 1 heterocycles. The smallest absolute Gasteiger partial charge is 0.265 e. The summed E-state index contributed by atoms with van der Waals surface area (Å²) in [6.45, 7) is 1.78. The average molecular weight is 605 g/mol. The van der Waals surface area contributed by atoms with Crippen LogP contribution in [0.25, 0.3) is 10.1 Å². The van der Waals surface area contributed by atoms with Crippen molar-refractivity contribution in [1.82, 2.24) is 0 Å². The summed E-state index contributed by atoms with van der Waals surface area (Å²) < 4.78 is 33.9. The Balaban J connectivity index is 1.41. The van der Waals surface area contributed by atoms with Crippen LogP contribution in [0.2, 0.25) is 5.02 Å². The van der Waals surface area contributed by atoms with Gasteiger partial charge in [-0.15, -0.1) is 11.3 Å². The molecule has 0 atom stereocenters. The molecule has 0 aliphatic carbocycles. The van der Waals surface area contributed by atoms with Crippen LogP contribution in [0.5, 0.6) is 5.75 Å². The second kappa shape index (κ2) is 11.4. The third-order valence-electron chi connectivity index (χ3n) is 6.62. The first-order chi connectivity index (χ1) is 19.6. The number of ketones is 1. The number of anilines is 2. The lowest BCUT2D eigenvalue weighted by Crippen LogP contribution is -2.26. The van der Waals surface area contributed by atoms with Crippen LogP contribution in [0.3, 0.4) is 0 Å². The lowest BCUT2D eigenvalue weighted by Gasteiger charge is -2.20. The number of aryl methyl sites for hydroxylation is 1. The van der Waals surface area contributed by atoms with Crippen molar-refractivity contribution in [2.24, 2.45) is 0 Å². The minimum atomic E-state index is -3.84. The van der Waals surface area contributed by atoms with Gasteiger partial charge in [-0.05, 0) is 78.5 Å². The molecule has 1 amide bonds. The van der Waals surface area contributed by atoms with Crippen LogP contribution < -0.4 is 14.4 Å². The lowest BCUT2D eigenvalue weighted by molar-refractivity contribution is 0.103. The predicted molar refractivity (Wildman–Crippen MR) is 164 cm³/mol. The van der Waals surface area contributed by atoms with E-state index in [0.717, 1.165) is 4.70 Å². The van der Waals surface area contributed by atoms with Gasteiger partial charge in [0.15, 0.2) is 5.78 Å². The number of halogens is 1. The van der Waals surface area contributed by atoms with Gasteiger partial charge in [0, 0.05) is 27.9 Å². The molecule has 0 aliphatic rings. The minimum Gasteiger partial charge on any atom is -0.496 e. The summed E-state index contributed by atoms with van der Waals surface area (Å²) in [5.74, 6) is -0.0557. The van der Waals surface area contributed by atoms with Crippen molar-refractivity contribution in [3.63, 3.8) is 0 Å². The van der Waals surface area contributed by atoms with E-state index in [1.165, 1.54) is 41.9 Å². The second-order valence-electron chi connectivity index (χ2n) is 9.28. The number of carbonyl (C=O) groups excluding carboxylic acids is 2. The monoisotopic (exact) mass is 604 g/mol. The van der Waals surface area contributed by atoms with Gasteiger partial charge in [0.05, 0.1) is 28.3 Å². The molecule has 0 aliphatic heterocycles. The molecule has 4 aromatic carbocycles. The summed E-state index contributed by atoms with van der Waals surface area (Å²) in [4.78, 5) is 27.0. The van der Waals surface area contributed by atoms with Gasteiger partial charge in [-0.2, -0.15) is 0 Å². The zero-order chi connectivity index (χ0) is 29.3. The van der Waals surface area contributed by atoms with Crippen molar-refractivity contribution in [2.45, 2.75) is 11.8 Å². The Labute approximate surface area is 247 Å². The molecule has 41 heavy (non-hydrogen) atoms. The molecule has 0 fully saturated rings. The summed E-state index contributed by atoms with van der Waals surface area (Å²) >= 11 is 7.44. The van der Waals surface area contributed by atoms with E-state index in [1.54, 1.807) is 79.7 Å². The highest BCUT2D eigenvalue weighted by Crippen LogP contribution is 2.33. The Morgan fingerprint density at radius 3 is 2.39 bits per heavy atom. The van der Waals surface area contributed by atoms with Crippen molar-refractivity contribution >= 4 is 66.1 Å². The maximum atomic E-state index is 13.3. The zero-order valence-corrected chi connectivity index (χ0v) is 24.7. The van der Waals surface area contributed by atoms with Gasteiger partial charge < -0.3 is 10.1 Å². The first kappa shape index (κ1) is 28.4. The number of hydrogen-bond acceptors (Lipinski definition) is 6. The molecule has 0 spiro atoms. The Hall–Kier alpha value is -4.18. The van der Waals surface area contributed by atoms with E-state index < -0.39 is 15.9 Å². The van der Waals surface area contributed by atoms with E-state index in [4.69, 9.17) is 16.3 Å². The van der Waals surface area contributed by atoms with Crippen LogP contribution in [-0.4, -0.2) is 34.3 Å².